The smallest absolute Gasteiger partial charge is 0.192 e. The molecule has 0 aliphatic carbocycles. The first kappa shape index (κ1) is 19.6. The Kier molecular flexibility index (Phi) is 8.46. The number of alkyl halides is 1. The van der Waals surface area contributed by atoms with Crippen LogP contribution in [0.4, 0.5) is 0 Å². The van der Waals surface area contributed by atoms with Crippen LogP contribution in [0, 0.1) is 11.8 Å². The van der Waals surface area contributed by atoms with Crippen molar-refractivity contribution in [3.63, 3.8) is 0 Å². The highest BCUT2D eigenvalue weighted by Crippen LogP contribution is 2.39. The van der Waals surface area contributed by atoms with Gasteiger partial charge in [0.05, 0.1) is 0 Å². The van der Waals surface area contributed by atoms with Gasteiger partial charge in [-0.1, -0.05) is 63.3 Å². The summed E-state index contributed by atoms with van der Waals surface area (Å²) in [5.74, 6) is 1.22. The van der Waals surface area contributed by atoms with E-state index in [4.69, 9.17) is 4.43 Å². The van der Waals surface area contributed by atoms with Crippen molar-refractivity contribution in [1.29, 1.82) is 0 Å². The summed E-state index contributed by atoms with van der Waals surface area (Å²) in [4.78, 5) is 0. The van der Waals surface area contributed by atoms with Crippen LogP contribution in [0.5, 0.6) is 0 Å². The topological polar surface area (TPSA) is 9.23 Å². The Bertz CT molecular complexity index is 270. The largest absolute Gasteiger partial charge is 0.414 e. The van der Waals surface area contributed by atoms with Gasteiger partial charge in [0.1, 0.15) is 0 Å². The summed E-state index contributed by atoms with van der Waals surface area (Å²) < 4.78 is 7.82. The van der Waals surface area contributed by atoms with E-state index in [2.05, 4.69) is 83.0 Å². The van der Waals surface area contributed by atoms with Crippen LogP contribution in [-0.2, 0) is 4.43 Å². The molecule has 0 aromatic carbocycles. The van der Waals surface area contributed by atoms with Gasteiger partial charge in [-0.25, -0.2) is 0 Å². The lowest BCUT2D eigenvalue weighted by Gasteiger charge is -2.41. The monoisotopic (exact) mass is 396 g/mol. The Morgan fingerprint density at radius 3 is 2.11 bits per heavy atom. The van der Waals surface area contributed by atoms with E-state index in [1.54, 1.807) is 0 Å². The van der Waals surface area contributed by atoms with Gasteiger partial charge in [-0.3, -0.25) is 0 Å². The van der Waals surface area contributed by atoms with E-state index in [0.29, 0.717) is 23.0 Å². The average molecular weight is 396 g/mol. The van der Waals surface area contributed by atoms with E-state index in [9.17, 15) is 0 Å². The molecule has 19 heavy (non-hydrogen) atoms. The zero-order chi connectivity index (χ0) is 15.3. The summed E-state index contributed by atoms with van der Waals surface area (Å²) in [5.41, 5.74) is 0. The van der Waals surface area contributed by atoms with Crippen LogP contribution in [-0.4, -0.2) is 18.8 Å². The van der Waals surface area contributed by atoms with E-state index in [1.807, 2.05) is 0 Å². The van der Waals surface area contributed by atoms with Crippen molar-refractivity contribution in [2.45, 2.75) is 71.7 Å². The van der Waals surface area contributed by atoms with Crippen molar-refractivity contribution in [2.24, 2.45) is 11.8 Å². The molecule has 0 heterocycles. The lowest BCUT2D eigenvalue weighted by Crippen LogP contribution is -2.45. The zero-order valence-corrected chi connectivity index (χ0v) is 17.1. The van der Waals surface area contributed by atoms with Gasteiger partial charge in [0.15, 0.2) is 8.32 Å². The standard InChI is InChI=1S/C16H33IOSi/c1-9-13(2)10-11-15(14(3)12-17)18-19(7,8)16(4,5)6/h9,13-15H,1,10-12H2,2-8H3/t13-,14-,15+/m1/s1. The van der Waals surface area contributed by atoms with Crippen molar-refractivity contribution in [3.8, 4) is 0 Å². The second kappa shape index (κ2) is 8.18. The molecule has 3 atom stereocenters. The third kappa shape index (κ3) is 6.76. The fourth-order valence-corrected chi connectivity index (χ4v) is 3.69. The molecule has 1 nitrogen and oxygen atoms in total. The van der Waals surface area contributed by atoms with Crippen molar-refractivity contribution in [1.82, 2.24) is 0 Å². The Morgan fingerprint density at radius 2 is 1.74 bits per heavy atom. The maximum atomic E-state index is 6.65. The molecule has 0 aromatic heterocycles. The molecule has 0 spiro atoms. The quantitative estimate of drug-likeness (QED) is 0.210. The van der Waals surface area contributed by atoms with E-state index < -0.39 is 8.32 Å². The molecule has 0 rings (SSSR count). The molecule has 0 N–H and O–H groups in total. The predicted octanol–water partition coefficient (Wildman–Crippen LogP) is 6.05. The Balaban J connectivity index is 4.73. The highest BCUT2D eigenvalue weighted by Gasteiger charge is 2.39. The first-order chi connectivity index (χ1) is 8.55. The lowest BCUT2D eigenvalue weighted by atomic mass is 9.97. The van der Waals surface area contributed by atoms with E-state index in [1.165, 1.54) is 10.8 Å². The van der Waals surface area contributed by atoms with Gasteiger partial charge in [0.25, 0.3) is 0 Å². The van der Waals surface area contributed by atoms with E-state index in [-0.39, 0.29) is 0 Å². The molecule has 0 radical (unpaired) electrons. The second-order valence-electron chi connectivity index (χ2n) is 7.34. The third-order valence-corrected chi connectivity index (χ3v) is 10.3. The van der Waals surface area contributed by atoms with Crippen LogP contribution in [0.2, 0.25) is 18.1 Å². The van der Waals surface area contributed by atoms with Crippen LogP contribution < -0.4 is 0 Å². The van der Waals surface area contributed by atoms with Crippen LogP contribution in [0.25, 0.3) is 0 Å². The summed E-state index contributed by atoms with van der Waals surface area (Å²) >= 11 is 2.48. The summed E-state index contributed by atoms with van der Waals surface area (Å²) in [5, 5.41) is 0.292. The molecule has 0 aromatic rings. The highest BCUT2D eigenvalue weighted by atomic mass is 127. The van der Waals surface area contributed by atoms with Crippen LogP contribution >= 0.6 is 22.6 Å². The Hall–Kier alpha value is 0.647. The molecule has 3 heteroatoms. The van der Waals surface area contributed by atoms with Gasteiger partial charge < -0.3 is 4.43 Å². The maximum Gasteiger partial charge on any atom is 0.192 e. The maximum absolute atomic E-state index is 6.65. The molecule has 0 amide bonds. The van der Waals surface area contributed by atoms with E-state index >= 15 is 0 Å². The van der Waals surface area contributed by atoms with Crippen molar-refractivity contribution < 1.29 is 4.43 Å². The minimum Gasteiger partial charge on any atom is -0.414 e. The molecule has 114 valence electrons. The summed E-state index contributed by atoms with van der Waals surface area (Å²) in [6.45, 7) is 20.1. The zero-order valence-electron chi connectivity index (χ0n) is 13.9. The molecular formula is C16H33IOSi. The SMILES string of the molecule is C=C[C@@H](C)CC[C@H](O[Si](C)(C)C(C)(C)C)[C@H](C)CI. The average Bonchev–Trinajstić information content (AvgIpc) is 2.31. The van der Waals surface area contributed by atoms with Crippen molar-refractivity contribution in [2.75, 3.05) is 4.43 Å². The minimum absolute atomic E-state index is 0.292. The summed E-state index contributed by atoms with van der Waals surface area (Å²) in [6, 6.07) is 0. The Labute approximate surface area is 135 Å². The fourth-order valence-electron chi connectivity index (χ4n) is 1.66. The van der Waals surface area contributed by atoms with Gasteiger partial charge in [0, 0.05) is 10.5 Å². The molecule has 0 aliphatic heterocycles. The fraction of sp³-hybridized carbons (Fsp3) is 0.875. The lowest BCUT2D eigenvalue weighted by molar-refractivity contribution is 0.123. The normalized spacial score (nSPS) is 17.9. The van der Waals surface area contributed by atoms with Crippen LogP contribution in [0.15, 0.2) is 12.7 Å². The van der Waals surface area contributed by atoms with Gasteiger partial charge >= 0.3 is 0 Å². The number of rotatable bonds is 8. The first-order valence-corrected chi connectivity index (χ1v) is 11.8. The van der Waals surface area contributed by atoms with Gasteiger partial charge in [-0.2, -0.15) is 0 Å². The summed E-state index contributed by atoms with van der Waals surface area (Å²) in [6.07, 6.45) is 4.80. The number of allylic oxidation sites excluding steroid dienone is 1. The number of halogens is 1. The molecular weight excluding hydrogens is 363 g/mol. The number of hydrogen-bond donors (Lipinski definition) is 0. The van der Waals surface area contributed by atoms with E-state index in [0.717, 1.165) is 6.42 Å². The van der Waals surface area contributed by atoms with Gasteiger partial charge in [-0.15, -0.1) is 6.58 Å². The second-order valence-corrected chi connectivity index (χ2v) is 13.0. The van der Waals surface area contributed by atoms with Crippen molar-refractivity contribution in [3.05, 3.63) is 12.7 Å². The minimum atomic E-state index is -1.66. The van der Waals surface area contributed by atoms with Crippen molar-refractivity contribution >= 4 is 30.9 Å². The number of hydrogen-bond acceptors (Lipinski definition) is 1. The molecule has 0 unspecified atom stereocenters. The first-order valence-electron chi connectivity index (χ1n) is 7.41. The molecule has 0 fully saturated rings. The highest BCUT2D eigenvalue weighted by molar-refractivity contribution is 14.1. The predicted molar refractivity (Wildman–Crippen MR) is 98.7 cm³/mol. The molecule has 0 aliphatic rings. The molecule has 0 bridgehead atoms. The third-order valence-electron chi connectivity index (χ3n) is 4.44. The summed E-state index contributed by atoms with van der Waals surface area (Å²) in [7, 11) is -1.66. The van der Waals surface area contributed by atoms with Gasteiger partial charge in [0.2, 0.25) is 0 Å². The molecule has 0 saturated carbocycles. The van der Waals surface area contributed by atoms with Crippen LogP contribution in [0.3, 0.4) is 0 Å². The van der Waals surface area contributed by atoms with Crippen LogP contribution in [0.1, 0.15) is 47.5 Å². The Morgan fingerprint density at radius 1 is 1.21 bits per heavy atom. The molecule has 0 saturated heterocycles. The van der Waals surface area contributed by atoms with Gasteiger partial charge in [-0.05, 0) is 42.8 Å².